The molecule has 23 heavy (non-hydrogen) atoms. The molecular weight excluding hydrogens is 295 g/mol. The molecule has 1 aliphatic carbocycles. The molecule has 6 heteroatoms. The van der Waals surface area contributed by atoms with Crippen LogP contribution in [0.5, 0.6) is 0 Å². The minimum absolute atomic E-state index is 0.125. The van der Waals surface area contributed by atoms with E-state index in [1.807, 2.05) is 0 Å². The number of nitrogens with zero attached hydrogens (tertiary/aromatic N) is 4. The summed E-state index contributed by atoms with van der Waals surface area (Å²) in [6.07, 6.45) is 6.38. The van der Waals surface area contributed by atoms with Crippen LogP contribution in [0.1, 0.15) is 25.7 Å². The van der Waals surface area contributed by atoms with Crippen LogP contribution >= 0.6 is 0 Å². The van der Waals surface area contributed by atoms with Gasteiger partial charge in [0, 0.05) is 12.1 Å². The molecule has 0 aliphatic heterocycles. The Morgan fingerprint density at radius 2 is 1.91 bits per heavy atom. The number of hydrogen-bond acceptors (Lipinski definition) is 3. The topological polar surface area (TPSA) is 52.2 Å². The zero-order valence-electron chi connectivity index (χ0n) is 12.7. The number of hydrogen-bond donors (Lipinski definition) is 0. The SMILES string of the molecule is O=c1c2cc(-c3ccc(F)cc3)nn2cnn1CC1CCCC1. The number of fused-ring (bicyclic) bond motifs is 1. The third-order valence-electron chi connectivity index (χ3n) is 4.54. The lowest BCUT2D eigenvalue weighted by Gasteiger charge is -2.09. The number of halogens is 1. The van der Waals surface area contributed by atoms with Crippen LogP contribution in [0.4, 0.5) is 4.39 Å². The lowest BCUT2D eigenvalue weighted by Crippen LogP contribution is -2.27. The second-order valence-electron chi connectivity index (χ2n) is 6.13. The molecule has 0 unspecified atom stereocenters. The van der Waals surface area contributed by atoms with Gasteiger partial charge in [-0.3, -0.25) is 4.79 Å². The number of rotatable bonds is 3. The molecule has 0 radical (unpaired) electrons. The second-order valence-corrected chi connectivity index (χ2v) is 6.13. The summed E-state index contributed by atoms with van der Waals surface area (Å²) in [6, 6.07) is 7.82. The third kappa shape index (κ3) is 2.65. The van der Waals surface area contributed by atoms with Crippen molar-refractivity contribution in [1.82, 2.24) is 19.4 Å². The summed E-state index contributed by atoms with van der Waals surface area (Å²) in [5.41, 5.74) is 1.79. The predicted molar refractivity (Wildman–Crippen MR) is 84.6 cm³/mol. The van der Waals surface area contributed by atoms with Gasteiger partial charge in [0.25, 0.3) is 5.56 Å². The van der Waals surface area contributed by atoms with E-state index in [1.54, 1.807) is 29.2 Å². The Morgan fingerprint density at radius 3 is 2.65 bits per heavy atom. The highest BCUT2D eigenvalue weighted by atomic mass is 19.1. The molecule has 0 N–H and O–H groups in total. The quantitative estimate of drug-likeness (QED) is 0.747. The first-order chi connectivity index (χ1) is 11.2. The van der Waals surface area contributed by atoms with E-state index in [2.05, 4.69) is 10.2 Å². The fourth-order valence-electron chi connectivity index (χ4n) is 3.27. The summed E-state index contributed by atoms with van der Waals surface area (Å²) < 4.78 is 16.1. The van der Waals surface area contributed by atoms with Gasteiger partial charge < -0.3 is 0 Å². The fourth-order valence-corrected chi connectivity index (χ4v) is 3.27. The fraction of sp³-hybridized carbons (Fsp3) is 0.353. The molecule has 4 rings (SSSR count). The summed E-state index contributed by atoms with van der Waals surface area (Å²) in [7, 11) is 0. The van der Waals surface area contributed by atoms with Gasteiger partial charge in [0.2, 0.25) is 0 Å². The summed E-state index contributed by atoms with van der Waals surface area (Å²) in [4.78, 5) is 12.6. The van der Waals surface area contributed by atoms with Gasteiger partial charge in [0.1, 0.15) is 17.7 Å². The highest BCUT2D eigenvalue weighted by Gasteiger charge is 2.18. The van der Waals surface area contributed by atoms with Gasteiger partial charge in [-0.15, -0.1) is 0 Å². The highest BCUT2D eigenvalue weighted by Crippen LogP contribution is 2.25. The highest BCUT2D eigenvalue weighted by molar-refractivity contribution is 5.65. The van der Waals surface area contributed by atoms with E-state index in [4.69, 9.17) is 0 Å². The van der Waals surface area contributed by atoms with E-state index < -0.39 is 0 Å². The minimum Gasteiger partial charge on any atom is -0.265 e. The zero-order chi connectivity index (χ0) is 15.8. The van der Waals surface area contributed by atoms with Crippen LogP contribution in [0.3, 0.4) is 0 Å². The normalized spacial score (nSPS) is 15.5. The van der Waals surface area contributed by atoms with Crippen molar-refractivity contribution in [2.45, 2.75) is 32.2 Å². The lowest BCUT2D eigenvalue weighted by molar-refractivity contribution is 0.412. The van der Waals surface area contributed by atoms with Crippen molar-refractivity contribution in [3.05, 3.63) is 52.8 Å². The van der Waals surface area contributed by atoms with Crippen LogP contribution < -0.4 is 5.56 Å². The molecule has 0 atom stereocenters. The average Bonchev–Trinajstić information content (AvgIpc) is 3.20. The van der Waals surface area contributed by atoms with E-state index in [-0.39, 0.29) is 11.4 Å². The average molecular weight is 312 g/mol. The molecule has 1 aliphatic rings. The van der Waals surface area contributed by atoms with E-state index in [0.717, 1.165) is 5.56 Å². The monoisotopic (exact) mass is 312 g/mol. The Morgan fingerprint density at radius 1 is 1.17 bits per heavy atom. The Kier molecular flexibility index (Phi) is 3.44. The van der Waals surface area contributed by atoms with Crippen molar-refractivity contribution in [2.75, 3.05) is 0 Å². The molecule has 1 saturated carbocycles. The first kappa shape index (κ1) is 14.1. The first-order valence-electron chi connectivity index (χ1n) is 7.92. The van der Waals surface area contributed by atoms with E-state index in [1.165, 1.54) is 42.3 Å². The predicted octanol–water partition coefficient (Wildman–Crippen LogP) is 2.89. The van der Waals surface area contributed by atoms with Gasteiger partial charge in [0.15, 0.2) is 0 Å². The molecule has 0 saturated heterocycles. The second kappa shape index (κ2) is 5.61. The van der Waals surface area contributed by atoms with Crippen LogP contribution in [-0.2, 0) is 6.54 Å². The van der Waals surface area contributed by atoms with Gasteiger partial charge in [-0.05, 0) is 49.1 Å². The van der Waals surface area contributed by atoms with E-state index >= 15 is 0 Å². The zero-order valence-corrected chi connectivity index (χ0v) is 12.7. The summed E-state index contributed by atoms with van der Waals surface area (Å²) in [5.74, 6) is 0.250. The van der Waals surface area contributed by atoms with Gasteiger partial charge in [-0.25, -0.2) is 13.6 Å². The maximum Gasteiger partial charge on any atom is 0.292 e. The molecule has 1 fully saturated rings. The van der Waals surface area contributed by atoms with Crippen LogP contribution in [-0.4, -0.2) is 19.4 Å². The third-order valence-corrected chi connectivity index (χ3v) is 4.54. The summed E-state index contributed by atoms with van der Waals surface area (Å²) in [5, 5.41) is 8.60. The Hall–Kier alpha value is -2.50. The van der Waals surface area contributed by atoms with Crippen LogP contribution in [0, 0.1) is 11.7 Å². The number of benzene rings is 1. The lowest BCUT2D eigenvalue weighted by atomic mass is 10.1. The smallest absolute Gasteiger partial charge is 0.265 e. The molecule has 0 bridgehead atoms. The van der Waals surface area contributed by atoms with Crippen molar-refractivity contribution in [3.63, 3.8) is 0 Å². The van der Waals surface area contributed by atoms with Crippen molar-refractivity contribution in [3.8, 4) is 11.3 Å². The molecule has 118 valence electrons. The Balaban J connectivity index is 1.72. The molecule has 1 aromatic carbocycles. The minimum atomic E-state index is -0.293. The molecule has 2 aromatic heterocycles. The van der Waals surface area contributed by atoms with Crippen LogP contribution in [0.2, 0.25) is 0 Å². The van der Waals surface area contributed by atoms with E-state index in [9.17, 15) is 9.18 Å². The summed E-state index contributed by atoms with van der Waals surface area (Å²) >= 11 is 0. The summed E-state index contributed by atoms with van der Waals surface area (Å²) in [6.45, 7) is 0.673. The molecule has 2 heterocycles. The van der Waals surface area contributed by atoms with Gasteiger partial charge in [0.05, 0.1) is 5.69 Å². The van der Waals surface area contributed by atoms with Gasteiger partial charge in [-0.1, -0.05) is 12.8 Å². The molecular formula is C17H17FN4O. The number of aromatic nitrogens is 4. The molecule has 0 amide bonds. The van der Waals surface area contributed by atoms with Crippen molar-refractivity contribution in [1.29, 1.82) is 0 Å². The largest absolute Gasteiger partial charge is 0.292 e. The maximum atomic E-state index is 13.0. The molecule has 5 nitrogen and oxygen atoms in total. The van der Waals surface area contributed by atoms with Crippen molar-refractivity contribution < 1.29 is 4.39 Å². The van der Waals surface area contributed by atoms with Gasteiger partial charge in [-0.2, -0.15) is 10.2 Å². The first-order valence-corrected chi connectivity index (χ1v) is 7.92. The van der Waals surface area contributed by atoms with Gasteiger partial charge >= 0.3 is 0 Å². The Bertz CT molecular complexity index is 891. The Labute approximate surface area is 132 Å². The molecule has 3 aromatic rings. The van der Waals surface area contributed by atoms with Crippen molar-refractivity contribution >= 4 is 5.52 Å². The molecule has 0 spiro atoms. The van der Waals surface area contributed by atoms with Crippen molar-refractivity contribution in [2.24, 2.45) is 5.92 Å². The maximum absolute atomic E-state index is 13.0. The van der Waals surface area contributed by atoms with E-state index in [0.29, 0.717) is 23.7 Å². The van der Waals surface area contributed by atoms with Crippen LogP contribution in [0.25, 0.3) is 16.8 Å². The van der Waals surface area contributed by atoms with Crippen LogP contribution in [0.15, 0.2) is 41.5 Å². The standard InChI is InChI=1S/C17H17FN4O/c18-14-7-5-13(6-8-14)15-9-16-17(23)21(19-11-22(16)20-15)10-12-3-1-2-4-12/h5-9,11-12H,1-4,10H2.